The molecule has 3 nitrogen and oxygen atoms in total. The molecule has 0 saturated carbocycles. The third-order valence-electron chi connectivity index (χ3n) is 3.32. The van der Waals surface area contributed by atoms with Crippen LogP contribution in [0.2, 0.25) is 0 Å². The first kappa shape index (κ1) is 11.2. The Morgan fingerprint density at radius 2 is 2.00 bits per heavy atom. The number of ether oxygens (including phenoxy) is 2. The Bertz CT molecular complexity index is 436. The van der Waals surface area contributed by atoms with Gasteiger partial charge in [0.25, 0.3) is 0 Å². The van der Waals surface area contributed by atoms with Gasteiger partial charge in [0.1, 0.15) is 0 Å². The second kappa shape index (κ2) is 4.42. The van der Waals surface area contributed by atoms with Crippen molar-refractivity contribution in [1.82, 2.24) is 0 Å². The van der Waals surface area contributed by atoms with Crippen molar-refractivity contribution in [1.29, 1.82) is 0 Å². The molecule has 0 aliphatic carbocycles. The van der Waals surface area contributed by atoms with Crippen LogP contribution in [0.15, 0.2) is 17.0 Å². The molecular formula is C13H17NO2S. The lowest BCUT2D eigenvalue weighted by Crippen LogP contribution is -2.18. The topological polar surface area (TPSA) is 44.5 Å². The van der Waals surface area contributed by atoms with E-state index in [2.05, 4.69) is 19.1 Å². The summed E-state index contributed by atoms with van der Waals surface area (Å²) in [6.45, 7) is 3.65. The minimum Gasteiger partial charge on any atom is -0.490 e. The zero-order chi connectivity index (χ0) is 11.8. The first-order valence-corrected chi connectivity index (χ1v) is 7.03. The molecule has 2 N–H and O–H groups in total. The zero-order valence-corrected chi connectivity index (χ0v) is 10.8. The molecule has 0 aromatic heterocycles. The van der Waals surface area contributed by atoms with Gasteiger partial charge in [0, 0.05) is 22.6 Å². The molecule has 0 radical (unpaired) electrons. The summed E-state index contributed by atoms with van der Waals surface area (Å²) in [4.78, 5) is 1.26. The van der Waals surface area contributed by atoms with E-state index in [1.165, 1.54) is 10.5 Å². The number of rotatable bonds is 1. The molecule has 2 aliphatic rings. The van der Waals surface area contributed by atoms with E-state index < -0.39 is 0 Å². The SMILES string of the molecule is CCC1Sc2cc3c(cc2C1N)OCCCO3. The Balaban J connectivity index is 2.00. The molecule has 2 heterocycles. The highest BCUT2D eigenvalue weighted by Gasteiger charge is 2.31. The first-order chi connectivity index (χ1) is 8.29. The Kier molecular flexibility index (Phi) is 2.92. The standard InChI is InChI=1S/C13H17NO2S/c1-2-11-13(14)8-6-9-10(7-12(8)17-11)16-5-3-4-15-9/h6-7,11,13H,2-5,14H2,1H3. The second-order valence-electron chi connectivity index (χ2n) is 4.48. The highest BCUT2D eigenvalue weighted by Crippen LogP contribution is 2.48. The number of thioether (sulfide) groups is 1. The summed E-state index contributed by atoms with van der Waals surface area (Å²) in [6, 6.07) is 4.29. The molecule has 0 fully saturated rings. The highest BCUT2D eigenvalue weighted by atomic mass is 32.2. The van der Waals surface area contributed by atoms with Crippen LogP contribution >= 0.6 is 11.8 Å². The van der Waals surface area contributed by atoms with Crippen molar-refractivity contribution in [3.05, 3.63) is 17.7 Å². The molecule has 0 bridgehead atoms. The van der Waals surface area contributed by atoms with Gasteiger partial charge >= 0.3 is 0 Å². The quantitative estimate of drug-likeness (QED) is 0.833. The molecule has 1 aromatic carbocycles. The van der Waals surface area contributed by atoms with Crippen LogP contribution in [-0.4, -0.2) is 18.5 Å². The van der Waals surface area contributed by atoms with Gasteiger partial charge in [-0.25, -0.2) is 0 Å². The van der Waals surface area contributed by atoms with Crippen LogP contribution in [0.25, 0.3) is 0 Å². The average molecular weight is 251 g/mol. The Morgan fingerprint density at radius 1 is 1.29 bits per heavy atom. The van der Waals surface area contributed by atoms with Gasteiger partial charge in [0.15, 0.2) is 11.5 Å². The first-order valence-electron chi connectivity index (χ1n) is 6.15. The van der Waals surface area contributed by atoms with E-state index in [1.54, 1.807) is 0 Å². The second-order valence-corrected chi connectivity index (χ2v) is 5.76. The molecule has 0 amide bonds. The largest absolute Gasteiger partial charge is 0.490 e. The fourth-order valence-corrected chi connectivity index (χ4v) is 3.63. The predicted molar refractivity (Wildman–Crippen MR) is 68.9 cm³/mol. The molecule has 2 aliphatic heterocycles. The van der Waals surface area contributed by atoms with E-state index in [-0.39, 0.29) is 6.04 Å². The summed E-state index contributed by atoms with van der Waals surface area (Å²) in [7, 11) is 0. The monoisotopic (exact) mass is 251 g/mol. The molecule has 4 heteroatoms. The van der Waals surface area contributed by atoms with Gasteiger partial charge in [0.05, 0.1) is 13.2 Å². The van der Waals surface area contributed by atoms with E-state index in [1.807, 2.05) is 11.8 Å². The van der Waals surface area contributed by atoms with Gasteiger partial charge in [-0.05, 0) is 24.1 Å². The van der Waals surface area contributed by atoms with Crippen molar-refractivity contribution in [2.24, 2.45) is 5.73 Å². The van der Waals surface area contributed by atoms with Crippen LogP contribution in [0.1, 0.15) is 31.4 Å². The maximum absolute atomic E-state index is 6.26. The molecule has 3 rings (SSSR count). The molecule has 2 unspecified atom stereocenters. The van der Waals surface area contributed by atoms with Gasteiger partial charge < -0.3 is 15.2 Å². The van der Waals surface area contributed by atoms with Crippen molar-refractivity contribution >= 4 is 11.8 Å². The summed E-state index contributed by atoms with van der Waals surface area (Å²) in [5.41, 5.74) is 7.47. The number of hydrogen-bond donors (Lipinski definition) is 1. The van der Waals surface area contributed by atoms with Crippen molar-refractivity contribution in [2.75, 3.05) is 13.2 Å². The van der Waals surface area contributed by atoms with Gasteiger partial charge in [-0.15, -0.1) is 11.8 Å². The summed E-state index contributed by atoms with van der Waals surface area (Å²) >= 11 is 1.86. The summed E-state index contributed by atoms with van der Waals surface area (Å²) < 4.78 is 11.4. The lowest BCUT2D eigenvalue weighted by atomic mass is 10.0. The Labute approximate surface area is 106 Å². The van der Waals surface area contributed by atoms with Crippen molar-refractivity contribution in [2.45, 2.75) is 36.0 Å². The minimum absolute atomic E-state index is 0.122. The lowest BCUT2D eigenvalue weighted by molar-refractivity contribution is 0.296. The smallest absolute Gasteiger partial charge is 0.162 e. The van der Waals surface area contributed by atoms with Crippen LogP contribution in [0.3, 0.4) is 0 Å². The van der Waals surface area contributed by atoms with Crippen LogP contribution < -0.4 is 15.2 Å². The van der Waals surface area contributed by atoms with Crippen LogP contribution in [-0.2, 0) is 0 Å². The van der Waals surface area contributed by atoms with Crippen LogP contribution in [0.5, 0.6) is 11.5 Å². The summed E-state index contributed by atoms with van der Waals surface area (Å²) in [5.74, 6) is 1.73. The number of hydrogen-bond acceptors (Lipinski definition) is 4. The molecule has 17 heavy (non-hydrogen) atoms. The molecule has 1 aromatic rings. The van der Waals surface area contributed by atoms with E-state index in [0.717, 1.165) is 37.6 Å². The van der Waals surface area contributed by atoms with Crippen LogP contribution in [0, 0.1) is 0 Å². The van der Waals surface area contributed by atoms with E-state index >= 15 is 0 Å². The lowest BCUT2D eigenvalue weighted by Gasteiger charge is -2.13. The number of benzene rings is 1. The summed E-state index contributed by atoms with van der Waals surface area (Å²) in [5, 5.41) is 0.482. The van der Waals surface area contributed by atoms with Gasteiger partial charge in [0.2, 0.25) is 0 Å². The third kappa shape index (κ3) is 1.89. The maximum atomic E-state index is 6.26. The van der Waals surface area contributed by atoms with Crippen LogP contribution in [0.4, 0.5) is 0 Å². The molecule has 0 saturated heterocycles. The Hall–Kier alpha value is -0.870. The predicted octanol–water partition coefficient (Wildman–Crippen LogP) is 2.73. The van der Waals surface area contributed by atoms with E-state index in [0.29, 0.717) is 5.25 Å². The number of fused-ring (bicyclic) bond motifs is 2. The molecule has 92 valence electrons. The highest BCUT2D eigenvalue weighted by molar-refractivity contribution is 8.00. The summed E-state index contributed by atoms with van der Waals surface area (Å²) in [6.07, 6.45) is 2.03. The minimum atomic E-state index is 0.122. The van der Waals surface area contributed by atoms with Crippen molar-refractivity contribution < 1.29 is 9.47 Å². The normalized spacial score (nSPS) is 26.5. The Morgan fingerprint density at radius 3 is 2.71 bits per heavy atom. The van der Waals surface area contributed by atoms with Crippen molar-refractivity contribution in [3.63, 3.8) is 0 Å². The third-order valence-corrected chi connectivity index (χ3v) is 4.86. The zero-order valence-electron chi connectivity index (χ0n) is 9.94. The van der Waals surface area contributed by atoms with Gasteiger partial charge in [-0.2, -0.15) is 0 Å². The molecule has 0 spiro atoms. The van der Waals surface area contributed by atoms with E-state index in [9.17, 15) is 0 Å². The molecule has 2 atom stereocenters. The fraction of sp³-hybridized carbons (Fsp3) is 0.538. The maximum Gasteiger partial charge on any atom is 0.162 e. The van der Waals surface area contributed by atoms with Crippen molar-refractivity contribution in [3.8, 4) is 11.5 Å². The fourth-order valence-electron chi connectivity index (χ4n) is 2.34. The van der Waals surface area contributed by atoms with E-state index in [4.69, 9.17) is 15.2 Å². The molecular weight excluding hydrogens is 234 g/mol. The number of nitrogens with two attached hydrogens (primary N) is 1. The average Bonchev–Trinajstić information content (AvgIpc) is 2.53. The van der Waals surface area contributed by atoms with Gasteiger partial charge in [-0.1, -0.05) is 6.92 Å². The van der Waals surface area contributed by atoms with Gasteiger partial charge in [-0.3, -0.25) is 0 Å².